The number of nitro benzene ring substituents is 1. The van der Waals surface area contributed by atoms with E-state index < -0.39 is 4.92 Å². The van der Waals surface area contributed by atoms with Crippen LogP contribution in [0.3, 0.4) is 0 Å². The van der Waals surface area contributed by atoms with Gasteiger partial charge in [-0.15, -0.1) is 0 Å². The van der Waals surface area contributed by atoms with Gasteiger partial charge in [0.05, 0.1) is 92.3 Å². The molecule has 0 fully saturated rings. The summed E-state index contributed by atoms with van der Waals surface area (Å²) in [5.41, 5.74) is 14.5. The van der Waals surface area contributed by atoms with Gasteiger partial charge in [-0.25, -0.2) is 0 Å². The number of benzene rings is 8. The van der Waals surface area contributed by atoms with E-state index in [4.69, 9.17) is 39.5 Å². The predicted octanol–water partition coefficient (Wildman–Crippen LogP) is 20.9. The minimum atomic E-state index is -0.457. The molecule has 15 rings (SSSR count). The van der Waals surface area contributed by atoms with Crippen molar-refractivity contribution in [3.8, 4) is 76.7 Å². The van der Waals surface area contributed by atoms with E-state index in [0.717, 1.165) is 157 Å². The van der Waals surface area contributed by atoms with Crippen LogP contribution in [0.25, 0.3) is 76.9 Å². The zero-order chi connectivity index (χ0) is 80.0. The largest absolute Gasteiger partial charge is 0.497 e. The van der Waals surface area contributed by atoms with Gasteiger partial charge < -0.3 is 56.1 Å². The first-order valence-corrected chi connectivity index (χ1v) is 37.1. The van der Waals surface area contributed by atoms with Crippen LogP contribution in [0.4, 0.5) is 5.69 Å². The quantitative estimate of drug-likeness (QED) is 0.0448. The first kappa shape index (κ1) is 80.2. The lowest BCUT2D eigenvalue weighted by Gasteiger charge is -2.10. The number of rotatable bonds is 19. The zero-order valence-electron chi connectivity index (χ0n) is 64.8. The molecular formula is C91H88N14O7. The van der Waals surface area contributed by atoms with Crippen molar-refractivity contribution >= 4 is 71.1 Å². The van der Waals surface area contributed by atoms with Crippen molar-refractivity contribution in [2.24, 2.45) is 0 Å². The number of methoxy groups -OCH3 is 1. The van der Waals surface area contributed by atoms with Crippen molar-refractivity contribution in [1.82, 2.24) is 32.4 Å². The van der Waals surface area contributed by atoms with Gasteiger partial charge in [0, 0.05) is 150 Å². The number of nitro groups is 1. The molecule has 0 saturated heterocycles. The van der Waals surface area contributed by atoms with E-state index in [1.807, 2.05) is 190 Å². The van der Waals surface area contributed by atoms with Crippen molar-refractivity contribution in [2.75, 3.05) is 20.3 Å². The number of aromatic nitrogens is 7. The van der Waals surface area contributed by atoms with E-state index in [-0.39, 0.29) is 11.8 Å². The Labute approximate surface area is 651 Å². The standard InChI is InChI=1S/2C18H16N2O.C15H18N2O.C14H16N2O.C13H8N4O2.C13H14N2O/c1-12-4-5-15(8-13(12)2)20-11-14(10-19)17-7-6-16(21-3)9-18(17)20;1-2-20-12-15(11-19)17-9-8-16(10-18(17)20)21-13-14-6-4-3-5-7-14;1-3-5-8-18-13-6-7-14-12(10-16)11-17(4-2)15(14)9-13;1-4-16-9-11(8-15)13-6-5-12(7-14(13)16)17-10(2)3;14-8-11-10-4-3-9(17(18)19)7-12(10)15-13(11)16-5-1-2-6-16;1-3-15-9-10(8-14)12-6-5-11(16-4-2)7-13(12)15/h4-9,11H,1-3H3;3-10,12H,2,13H2,1H3;6-7,9,11H,3-5,8H2,1-2H3;5-7,9-10H,4H2,1-3H3;1-7,15H;5-7,9H,3-4H2,1-2H3. The average Bonchev–Trinajstić information content (AvgIpc) is 2.50. The van der Waals surface area contributed by atoms with Gasteiger partial charge in [-0.2, -0.15) is 31.6 Å². The highest BCUT2D eigenvalue weighted by atomic mass is 16.6. The van der Waals surface area contributed by atoms with Gasteiger partial charge in [-0.1, -0.05) is 49.7 Å². The normalized spacial score (nSPS) is 10.5. The highest BCUT2D eigenvalue weighted by Gasteiger charge is 2.18. The van der Waals surface area contributed by atoms with Crippen LogP contribution in [0.1, 0.15) is 118 Å². The van der Waals surface area contributed by atoms with E-state index in [1.165, 1.54) is 23.3 Å². The fourth-order valence-corrected chi connectivity index (χ4v) is 12.9. The second-order valence-corrected chi connectivity index (χ2v) is 26.3. The Hall–Kier alpha value is -14.4. The number of ether oxygens (including phenoxy) is 5. The minimum Gasteiger partial charge on any atom is -0.497 e. The lowest BCUT2D eigenvalue weighted by molar-refractivity contribution is -0.384. The van der Waals surface area contributed by atoms with Crippen molar-refractivity contribution in [2.45, 2.75) is 121 Å². The van der Waals surface area contributed by atoms with Gasteiger partial charge in [-0.05, 0) is 176 Å². The van der Waals surface area contributed by atoms with Gasteiger partial charge in [0.15, 0.2) is 0 Å². The van der Waals surface area contributed by atoms with Crippen LogP contribution < -0.4 is 23.7 Å². The molecule has 0 spiro atoms. The molecule has 0 saturated carbocycles. The number of hydrogen-bond acceptors (Lipinski definition) is 13. The second-order valence-electron chi connectivity index (χ2n) is 26.3. The van der Waals surface area contributed by atoms with Crippen LogP contribution in [0.15, 0.2) is 213 Å². The highest BCUT2D eigenvalue weighted by Crippen LogP contribution is 2.34. The summed E-state index contributed by atoms with van der Waals surface area (Å²) in [7, 11) is 1.65. The fourth-order valence-electron chi connectivity index (χ4n) is 12.9. The van der Waals surface area contributed by atoms with E-state index >= 15 is 0 Å². The maximum absolute atomic E-state index is 10.8. The Morgan fingerprint density at radius 2 is 0.911 bits per heavy atom. The molecule has 1 N–H and O–H groups in total. The van der Waals surface area contributed by atoms with E-state index in [0.29, 0.717) is 46.6 Å². The first-order chi connectivity index (χ1) is 54.4. The number of hydrogen-bond donors (Lipinski definition) is 1. The number of aromatic amines is 1. The molecule has 112 heavy (non-hydrogen) atoms. The number of unbranched alkanes of at least 4 members (excludes halogenated alkanes) is 1. The summed E-state index contributed by atoms with van der Waals surface area (Å²) in [6, 6.07) is 67.1. The molecule has 0 aliphatic carbocycles. The molecule has 21 heteroatoms. The summed E-state index contributed by atoms with van der Waals surface area (Å²) in [6.07, 6.45) is 15.4. The molecule has 0 aliphatic heterocycles. The number of aryl methyl sites for hydroxylation is 6. The lowest BCUT2D eigenvalue weighted by Crippen LogP contribution is -2.05. The minimum absolute atomic E-state index is 0.00250. The molecule has 564 valence electrons. The summed E-state index contributed by atoms with van der Waals surface area (Å²) in [4.78, 5) is 13.3. The first-order valence-electron chi connectivity index (χ1n) is 37.1. The van der Waals surface area contributed by atoms with Crippen molar-refractivity contribution in [3.63, 3.8) is 0 Å². The number of non-ortho nitro benzene ring substituents is 1. The molecule has 0 unspecified atom stereocenters. The third kappa shape index (κ3) is 18.6. The third-order valence-corrected chi connectivity index (χ3v) is 18.8. The summed E-state index contributed by atoms with van der Waals surface area (Å²) in [5, 5.41) is 71.3. The van der Waals surface area contributed by atoms with Crippen LogP contribution >= 0.6 is 0 Å². The Kier molecular flexibility index (Phi) is 27.1. The Bertz CT molecular complexity index is 6080. The molecule has 15 aromatic rings. The highest BCUT2D eigenvalue weighted by molar-refractivity contribution is 5.93. The molecule has 8 aromatic carbocycles. The monoisotopic (exact) mass is 1490 g/mol. The Morgan fingerprint density at radius 3 is 1.36 bits per heavy atom. The third-order valence-electron chi connectivity index (χ3n) is 18.8. The smallest absolute Gasteiger partial charge is 0.271 e. The van der Waals surface area contributed by atoms with Crippen LogP contribution in [-0.4, -0.2) is 63.7 Å². The maximum atomic E-state index is 10.8. The summed E-state index contributed by atoms with van der Waals surface area (Å²) in [5.74, 6) is 4.81. The van der Waals surface area contributed by atoms with Crippen molar-refractivity contribution in [1.29, 1.82) is 31.6 Å². The molecule has 21 nitrogen and oxygen atoms in total. The molecule has 0 radical (unpaired) electrons. The van der Waals surface area contributed by atoms with Crippen LogP contribution in [0.5, 0.6) is 28.7 Å². The van der Waals surface area contributed by atoms with E-state index in [2.05, 4.69) is 126 Å². The van der Waals surface area contributed by atoms with Gasteiger partial charge in [-0.3, -0.25) is 10.1 Å². The van der Waals surface area contributed by atoms with Crippen LogP contribution in [0.2, 0.25) is 0 Å². The molecule has 7 heterocycles. The van der Waals surface area contributed by atoms with Gasteiger partial charge >= 0.3 is 0 Å². The summed E-state index contributed by atoms with van der Waals surface area (Å²) in [6.45, 7) is 25.9. The zero-order valence-corrected chi connectivity index (χ0v) is 64.8. The number of nitriles is 6. The second kappa shape index (κ2) is 37.9. The van der Waals surface area contributed by atoms with Gasteiger partial charge in [0.1, 0.15) is 83.2 Å². The lowest BCUT2D eigenvalue weighted by atomic mass is 10.1. The molecule has 0 aliphatic rings. The molecular weight excluding hydrogens is 1400 g/mol. The Balaban J connectivity index is 0.000000143. The van der Waals surface area contributed by atoms with Crippen LogP contribution in [-0.2, 0) is 32.8 Å². The summed E-state index contributed by atoms with van der Waals surface area (Å²) >= 11 is 0. The molecule has 7 aromatic heterocycles. The Morgan fingerprint density at radius 1 is 0.464 bits per heavy atom. The topological polar surface area (TPSA) is 277 Å². The van der Waals surface area contributed by atoms with Gasteiger partial charge in [0.25, 0.3) is 5.69 Å². The molecule has 0 amide bonds. The predicted molar refractivity (Wildman–Crippen MR) is 440 cm³/mol. The average molecular weight is 1490 g/mol. The van der Waals surface area contributed by atoms with Crippen LogP contribution in [0, 0.1) is 91.9 Å². The molecule has 0 bridgehead atoms. The number of H-pyrrole nitrogens is 1. The van der Waals surface area contributed by atoms with Crippen molar-refractivity contribution in [3.05, 3.63) is 273 Å². The SMILES string of the molecule is CCCCOc1ccc2c(C#N)cn(CC)c2c1.CCOc1ccc2c(C#N)cn(CC)c2c1.CCn1cc(C#N)c2ccc(OC(C)C)cc21.CCn1cc(C#N)c2ccc(OCc3ccccc3)cc21.COc1ccc2c(C#N)cn(-c3ccc(C)c(C)c3)c2c1.N#Cc1c(-n2cccc2)[nH]c2cc([N+](=O)[O-])ccc12. The van der Waals surface area contributed by atoms with E-state index in [9.17, 15) is 25.9 Å². The van der Waals surface area contributed by atoms with Gasteiger partial charge in [0.2, 0.25) is 0 Å². The number of nitrogens with zero attached hydrogens (tertiary/aromatic N) is 13. The number of nitrogens with one attached hydrogen (secondary N) is 1. The molecule has 0 atom stereocenters. The maximum Gasteiger partial charge on any atom is 0.271 e. The van der Waals surface area contributed by atoms with Crippen molar-refractivity contribution < 1.29 is 28.6 Å². The fraction of sp³-hybridized carbons (Fsp3) is 0.231. The number of fused-ring (bicyclic) bond motifs is 6. The summed E-state index contributed by atoms with van der Waals surface area (Å²) < 4.78 is 40.1. The van der Waals surface area contributed by atoms with E-state index in [1.54, 1.807) is 30.1 Å².